The number of hydrogen-bond donors (Lipinski definition) is 2. The number of hydrogen-bond acceptors (Lipinski definition) is 5. The molecule has 1 aliphatic heterocycles. The van der Waals surface area contributed by atoms with Gasteiger partial charge in [0.2, 0.25) is 0 Å². The fourth-order valence-electron chi connectivity index (χ4n) is 4.15. The van der Waals surface area contributed by atoms with Crippen LogP contribution in [0.15, 0.2) is 23.2 Å². The fraction of sp³-hybridized carbons (Fsp3) is 0.650. The molecule has 1 aromatic carbocycles. The van der Waals surface area contributed by atoms with Crippen molar-refractivity contribution in [3.8, 4) is 11.5 Å². The Morgan fingerprint density at radius 3 is 2.48 bits per heavy atom. The molecule has 1 aliphatic carbocycles. The lowest BCUT2D eigenvalue weighted by molar-refractivity contribution is 0.107. The molecule has 2 aliphatic rings. The summed E-state index contributed by atoms with van der Waals surface area (Å²) in [5.41, 5.74) is 1.20. The molecule has 6 nitrogen and oxygen atoms in total. The van der Waals surface area contributed by atoms with E-state index in [0.717, 1.165) is 23.9 Å². The van der Waals surface area contributed by atoms with Crippen molar-refractivity contribution in [2.75, 3.05) is 57.7 Å². The fourth-order valence-corrected chi connectivity index (χ4v) is 5.06. The van der Waals surface area contributed by atoms with Crippen molar-refractivity contribution in [3.05, 3.63) is 18.2 Å². The highest BCUT2D eigenvalue weighted by atomic mass is 32.2. The van der Waals surface area contributed by atoms with Crippen LogP contribution in [0.2, 0.25) is 0 Å². The second kappa shape index (κ2) is 9.55. The quantitative estimate of drug-likeness (QED) is 0.573. The van der Waals surface area contributed by atoms with Crippen molar-refractivity contribution in [1.82, 2.24) is 10.2 Å². The minimum atomic E-state index is 0.274. The number of anilines is 1. The largest absolute Gasteiger partial charge is 0.493 e. The maximum atomic E-state index is 5.39. The average Bonchev–Trinajstić information content (AvgIpc) is 3.21. The Labute approximate surface area is 167 Å². The Kier molecular flexibility index (Phi) is 7.13. The van der Waals surface area contributed by atoms with Crippen LogP contribution in [0, 0.1) is 0 Å². The molecule has 0 aromatic heterocycles. The number of thioether (sulfide) groups is 1. The van der Waals surface area contributed by atoms with E-state index in [-0.39, 0.29) is 5.54 Å². The van der Waals surface area contributed by atoms with Gasteiger partial charge in [-0.1, -0.05) is 12.8 Å². The van der Waals surface area contributed by atoms with Crippen molar-refractivity contribution in [2.45, 2.75) is 31.2 Å². The van der Waals surface area contributed by atoms with Gasteiger partial charge in [0.25, 0.3) is 0 Å². The van der Waals surface area contributed by atoms with Gasteiger partial charge in [0, 0.05) is 55.5 Å². The number of guanidine groups is 1. The van der Waals surface area contributed by atoms with Gasteiger partial charge < -0.3 is 20.1 Å². The van der Waals surface area contributed by atoms with Crippen LogP contribution in [0.25, 0.3) is 0 Å². The van der Waals surface area contributed by atoms with Crippen LogP contribution < -0.4 is 20.1 Å². The first kappa shape index (κ1) is 20.1. The monoisotopic (exact) mass is 392 g/mol. The first-order valence-corrected chi connectivity index (χ1v) is 10.9. The van der Waals surface area contributed by atoms with Gasteiger partial charge in [0.15, 0.2) is 17.5 Å². The van der Waals surface area contributed by atoms with E-state index < -0.39 is 0 Å². The summed E-state index contributed by atoms with van der Waals surface area (Å²) < 4.78 is 10.7. The van der Waals surface area contributed by atoms with Crippen LogP contribution in [-0.4, -0.2) is 68.8 Å². The first-order chi connectivity index (χ1) is 13.2. The van der Waals surface area contributed by atoms with Crippen molar-refractivity contribution in [3.63, 3.8) is 0 Å². The van der Waals surface area contributed by atoms with Crippen LogP contribution in [0.4, 0.5) is 5.69 Å². The van der Waals surface area contributed by atoms with Gasteiger partial charge in [-0.25, -0.2) is 0 Å². The highest BCUT2D eigenvalue weighted by Gasteiger charge is 2.39. The smallest absolute Gasteiger partial charge is 0.195 e. The molecule has 0 spiro atoms. The third-order valence-electron chi connectivity index (χ3n) is 5.67. The topological polar surface area (TPSA) is 58.1 Å². The van der Waals surface area contributed by atoms with Crippen LogP contribution in [0.5, 0.6) is 11.5 Å². The van der Waals surface area contributed by atoms with Crippen molar-refractivity contribution >= 4 is 23.4 Å². The SMILES string of the molecule is CN=C(NCC1(N2CCSCC2)CCCC1)Nc1ccc(OC)c(OC)c1. The van der Waals surface area contributed by atoms with Crippen LogP contribution in [0.3, 0.4) is 0 Å². The third-order valence-corrected chi connectivity index (χ3v) is 6.61. The Bertz CT molecular complexity index is 641. The van der Waals surface area contributed by atoms with E-state index in [1.54, 1.807) is 14.2 Å². The maximum absolute atomic E-state index is 5.39. The average molecular weight is 393 g/mol. The molecule has 0 bridgehead atoms. The number of aliphatic imine (C=N–C) groups is 1. The molecule has 0 amide bonds. The van der Waals surface area contributed by atoms with E-state index in [2.05, 4.69) is 32.3 Å². The van der Waals surface area contributed by atoms with Crippen molar-refractivity contribution < 1.29 is 9.47 Å². The second-order valence-electron chi connectivity index (χ2n) is 7.15. The summed E-state index contributed by atoms with van der Waals surface area (Å²) in [4.78, 5) is 7.13. The second-order valence-corrected chi connectivity index (χ2v) is 8.38. The summed E-state index contributed by atoms with van der Waals surface area (Å²) in [5, 5.41) is 6.96. The van der Waals surface area contributed by atoms with Gasteiger partial charge in [-0.2, -0.15) is 11.8 Å². The molecule has 1 aromatic rings. The van der Waals surface area contributed by atoms with Gasteiger partial charge >= 0.3 is 0 Å². The number of nitrogens with one attached hydrogen (secondary N) is 2. The molecule has 0 radical (unpaired) electrons. The minimum absolute atomic E-state index is 0.274. The van der Waals surface area contributed by atoms with Crippen molar-refractivity contribution in [2.24, 2.45) is 4.99 Å². The van der Waals surface area contributed by atoms with Gasteiger partial charge in [-0.15, -0.1) is 0 Å². The summed E-state index contributed by atoms with van der Waals surface area (Å²) in [7, 11) is 5.11. The molecule has 1 heterocycles. The van der Waals surface area contributed by atoms with E-state index in [1.807, 2.05) is 25.2 Å². The third kappa shape index (κ3) is 4.82. The highest BCUT2D eigenvalue weighted by molar-refractivity contribution is 7.99. The number of rotatable bonds is 6. The molecular weight excluding hydrogens is 360 g/mol. The number of ether oxygens (including phenoxy) is 2. The zero-order valence-corrected chi connectivity index (χ0v) is 17.5. The molecule has 2 fully saturated rings. The molecule has 7 heteroatoms. The molecule has 3 rings (SSSR count). The van der Waals surface area contributed by atoms with Gasteiger partial charge in [0.05, 0.1) is 14.2 Å². The molecule has 2 N–H and O–H groups in total. The normalized spacial score (nSPS) is 20.3. The summed E-state index contributed by atoms with van der Waals surface area (Å²) in [6.45, 7) is 3.34. The lowest BCUT2D eigenvalue weighted by Crippen LogP contribution is -2.57. The molecule has 1 saturated carbocycles. The number of benzene rings is 1. The number of methoxy groups -OCH3 is 2. The zero-order valence-electron chi connectivity index (χ0n) is 16.7. The minimum Gasteiger partial charge on any atom is -0.493 e. The number of nitrogens with zero attached hydrogens (tertiary/aromatic N) is 2. The van der Waals surface area contributed by atoms with E-state index in [1.165, 1.54) is 50.3 Å². The molecule has 27 heavy (non-hydrogen) atoms. The standard InChI is InChI=1S/C20H32N4O2S/c1-21-19(23-16-6-7-17(25-2)18(14-16)26-3)22-15-20(8-4-5-9-20)24-10-12-27-13-11-24/h6-7,14H,4-5,8-13,15H2,1-3H3,(H2,21,22,23). The Hall–Kier alpha value is -1.60. The molecular formula is C20H32N4O2S. The highest BCUT2D eigenvalue weighted by Crippen LogP contribution is 2.36. The Balaban J connectivity index is 1.64. The van der Waals surface area contributed by atoms with E-state index in [9.17, 15) is 0 Å². The van der Waals surface area contributed by atoms with Crippen LogP contribution in [-0.2, 0) is 0 Å². The lowest BCUT2D eigenvalue weighted by atomic mass is 9.94. The molecule has 150 valence electrons. The predicted octanol–water partition coefficient (Wildman–Crippen LogP) is 3.05. The first-order valence-electron chi connectivity index (χ1n) is 9.73. The zero-order chi connectivity index (χ0) is 19.1. The summed E-state index contributed by atoms with van der Waals surface area (Å²) >= 11 is 2.07. The van der Waals surface area contributed by atoms with E-state index in [0.29, 0.717) is 5.75 Å². The van der Waals surface area contributed by atoms with Gasteiger partial charge in [0.1, 0.15) is 0 Å². The Morgan fingerprint density at radius 1 is 1.15 bits per heavy atom. The summed E-state index contributed by atoms with van der Waals surface area (Å²) in [6.07, 6.45) is 5.20. The Morgan fingerprint density at radius 2 is 1.85 bits per heavy atom. The maximum Gasteiger partial charge on any atom is 0.195 e. The summed E-state index contributed by atoms with van der Waals surface area (Å²) in [5.74, 6) is 4.72. The van der Waals surface area contributed by atoms with Crippen LogP contribution in [0.1, 0.15) is 25.7 Å². The predicted molar refractivity (Wildman–Crippen MR) is 115 cm³/mol. The van der Waals surface area contributed by atoms with Crippen molar-refractivity contribution in [1.29, 1.82) is 0 Å². The van der Waals surface area contributed by atoms with E-state index in [4.69, 9.17) is 9.47 Å². The molecule has 0 atom stereocenters. The van der Waals surface area contributed by atoms with E-state index >= 15 is 0 Å². The lowest BCUT2D eigenvalue weighted by Gasteiger charge is -2.43. The van der Waals surface area contributed by atoms with Gasteiger partial charge in [-0.05, 0) is 25.0 Å². The molecule has 0 unspecified atom stereocenters. The molecule has 1 saturated heterocycles. The van der Waals surface area contributed by atoms with Crippen LogP contribution >= 0.6 is 11.8 Å². The van der Waals surface area contributed by atoms with Gasteiger partial charge in [-0.3, -0.25) is 9.89 Å². The summed E-state index contributed by atoms with van der Waals surface area (Å²) in [6, 6.07) is 5.80.